The van der Waals surface area contributed by atoms with Gasteiger partial charge in [0.05, 0.1) is 6.21 Å². The molecular formula is C14H17Cl2N3O. The zero-order valence-electron chi connectivity index (χ0n) is 11.6. The van der Waals surface area contributed by atoms with E-state index in [0.717, 1.165) is 5.56 Å². The molecule has 108 valence electrons. The van der Waals surface area contributed by atoms with Crippen molar-refractivity contribution in [3.05, 3.63) is 46.6 Å². The van der Waals surface area contributed by atoms with E-state index in [4.69, 9.17) is 23.2 Å². The van der Waals surface area contributed by atoms with E-state index in [2.05, 4.69) is 10.5 Å². The van der Waals surface area contributed by atoms with Crippen LogP contribution in [0.15, 0.2) is 46.1 Å². The van der Waals surface area contributed by atoms with Crippen molar-refractivity contribution in [1.29, 1.82) is 0 Å². The summed E-state index contributed by atoms with van der Waals surface area (Å²) in [6.07, 6.45) is 2.92. The van der Waals surface area contributed by atoms with Crippen molar-refractivity contribution in [2.75, 3.05) is 0 Å². The summed E-state index contributed by atoms with van der Waals surface area (Å²) in [4.78, 5) is 13.4. The van der Waals surface area contributed by atoms with Crippen LogP contribution in [0.2, 0.25) is 0 Å². The Bertz CT molecular complexity index is 503. The van der Waals surface area contributed by atoms with Crippen LogP contribution in [0.5, 0.6) is 0 Å². The molecule has 0 aliphatic carbocycles. The highest BCUT2D eigenvalue weighted by molar-refractivity contribution is 6.55. The number of rotatable bonds is 3. The summed E-state index contributed by atoms with van der Waals surface area (Å²) in [6.45, 7) is 5.59. The maximum atomic E-state index is 12.1. The van der Waals surface area contributed by atoms with Crippen molar-refractivity contribution in [2.45, 2.75) is 26.3 Å². The van der Waals surface area contributed by atoms with Crippen LogP contribution in [0.4, 0.5) is 4.79 Å². The third kappa shape index (κ3) is 5.63. The first-order valence-corrected chi connectivity index (χ1v) is 6.76. The smallest absolute Gasteiger partial charge is 0.292 e. The van der Waals surface area contributed by atoms with Crippen LogP contribution >= 0.6 is 23.2 Å². The molecule has 0 atom stereocenters. The van der Waals surface area contributed by atoms with Crippen LogP contribution in [0, 0.1) is 0 Å². The molecule has 0 unspecified atom stereocenters. The Balaban J connectivity index is 2.73. The summed E-state index contributed by atoms with van der Waals surface area (Å²) in [7, 11) is 0. The lowest BCUT2D eigenvalue weighted by Gasteiger charge is -2.31. The zero-order valence-corrected chi connectivity index (χ0v) is 13.1. The molecule has 0 spiro atoms. The van der Waals surface area contributed by atoms with Crippen molar-refractivity contribution >= 4 is 35.4 Å². The van der Waals surface area contributed by atoms with Gasteiger partial charge in [-0.25, -0.2) is 10.2 Å². The van der Waals surface area contributed by atoms with Gasteiger partial charge in [-0.2, -0.15) is 5.10 Å². The molecule has 0 saturated heterocycles. The number of hydrogen-bond acceptors (Lipinski definition) is 2. The van der Waals surface area contributed by atoms with Crippen LogP contribution in [-0.2, 0) is 0 Å². The fourth-order valence-electron chi connectivity index (χ4n) is 1.41. The molecule has 0 bridgehead atoms. The summed E-state index contributed by atoms with van der Waals surface area (Å²) in [5.74, 6) is 0. The lowest BCUT2D eigenvalue weighted by Crippen LogP contribution is -2.45. The normalized spacial score (nSPS) is 11.2. The van der Waals surface area contributed by atoms with Crippen molar-refractivity contribution in [3.8, 4) is 0 Å². The van der Waals surface area contributed by atoms with E-state index >= 15 is 0 Å². The second-order valence-corrected chi connectivity index (χ2v) is 6.05. The summed E-state index contributed by atoms with van der Waals surface area (Å²) >= 11 is 11.2. The molecule has 6 heteroatoms. The number of benzene rings is 1. The summed E-state index contributed by atoms with van der Waals surface area (Å²) < 4.78 is 0.00196. The summed E-state index contributed by atoms with van der Waals surface area (Å²) in [5.41, 5.74) is 2.86. The minimum absolute atomic E-state index is 0.00196. The number of nitrogens with zero attached hydrogens (tertiary/aromatic N) is 2. The number of hydrazone groups is 1. The summed E-state index contributed by atoms with van der Waals surface area (Å²) in [6, 6.07) is 9.04. The van der Waals surface area contributed by atoms with E-state index < -0.39 is 11.6 Å². The SMILES string of the molecule is CC(C)(C)N(C=C(Cl)Cl)C(=O)N/N=C/c1ccccc1. The molecule has 0 aliphatic heterocycles. The molecule has 1 aromatic rings. The second-order valence-electron chi connectivity index (χ2n) is 5.05. The highest BCUT2D eigenvalue weighted by Gasteiger charge is 2.24. The molecule has 0 fully saturated rings. The summed E-state index contributed by atoms with van der Waals surface area (Å²) in [5, 5.41) is 3.90. The van der Waals surface area contributed by atoms with E-state index in [1.54, 1.807) is 6.21 Å². The molecule has 20 heavy (non-hydrogen) atoms. The average molecular weight is 314 g/mol. The minimum Gasteiger partial charge on any atom is -0.292 e. The van der Waals surface area contributed by atoms with Crippen LogP contribution < -0.4 is 5.43 Å². The van der Waals surface area contributed by atoms with Gasteiger partial charge in [0.1, 0.15) is 4.49 Å². The van der Waals surface area contributed by atoms with Crippen LogP contribution in [0.3, 0.4) is 0 Å². The van der Waals surface area contributed by atoms with E-state index in [0.29, 0.717) is 0 Å². The Hall–Kier alpha value is -1.52. The number of nitrogens with one attached hydrogen (secondary N) is 1. The first kappa shape index (κ1) is 16.5. The third-order valence-electron chi connectivity index (χ3n) is 2.34. The Morgan fingerprint density at radius 3 is 2.35 bits per heavy atom. The maximum absolute atomic E-state index is 12.1. The Morgan fingerprint density at radius 1 is 1.25 bits per heavy atom. The van der Waals surface area contributed by atoms with Crippen LogP contribution in [0.1, 0.15) is 26.3 Å². The van der Waals surface area contributed by atoms with Gasteiger partial charge >= 0.3 is 6.03 Å². The fourth-order valence-corrected chi connectivity index (χ4v) is 1.60. The molecule has 1 aromatic carbocycles. The second kappa shape index (κ2) is 7.31. The number of halogens is 2. The molecule has 0 aromatic heterocycles. The largest absolute Gasteiger partial charge is 0.342 e. The Morgan fingerprint density at radius 2 is 1.85 bits per heavy atom. The molecule has 1 N–H and O–H groups in total. The first-order valence-electron chi connectivity index (χ1n) is 6.01. The third-order valence-corrected chi connectivity index (χ3v) is 2.54. The van der Waals surface area contributed by atoms with Gasteiger partial charge in [-0.3, -0.25) is 4.90 Å². The quantitative estimate of drug-likeness (QED) is 0.662. The van der Waals surface area contributed by atoms with E-state index in [1.165, 1.54) is 11.1 Å². The van der Waals surface area contributed by atoms with Gasteiger partial charge < -0.3 is 0 Å². The molecule has 0 saturated carbocycles. The Kier molecular flexibility index (Phi) is 6.05. The zero-order chi connectivity index (χ0) is 15.2. The first-order chi connectivity index (χ1) is 9.30. The maximum Gasteiger partial charge on any atom is 0.342 e. The predicted molar refractivity (Wildman–Crippen MR) is 83.9 cm³/mol. The van der Waals surface area contributed by atoms with E-state index in [1.807, 2.05) is 51.1 Å². The van der Waals surface area contributed by atoms with Crippen molar-refractivity contribution in [1.82, 2.24) is 10.3 Å². The van der Waals surface area contributed by atoms with Gasteiger partial charge in [0, 0.05) is 11.7 Å². The van der Waals surface area contributed by atoms with E-state index in [-0.39, 0.29) is 4.49 Å². The number of carbonyl (C=O) groups excluding carboxylic acids is 1. The minimum atomic E-state index is -0.471. The topological polar surface area (TPSA) is 44.7 Å². The number of urea groups is 1. The number of amides is 2. The highest BCUT2D eigenvalue weighted by Crippen LogP contribution is 2.18. The van der Waals surface area contributed by atoms with Gasteiger partial charge in [0.25, 0.3) is 0 Å². The van der Waals surface area contributed by atoms with Gasteiger partial charge in [-0.15, -0.1) is 0 Å². The van der Waals surface area contributed by atoms with Gasteiger partial charge in [-0.05, 0) is 26.3 Å². The van der Waals surface area contributed by atoms with Crippen LogP contribution in [-0.4, -0.2) is 22.7 Å². The lowest BCUT2D eigenvalue weighted by molar-refractivity contribution is 0.179. The lowest BCUT2D eigenvalue weighted by atomic mass is 10.1. The van der Waals surface area contributed by atoms with Gasteiger partial charge in [0.15, 0.2) is 0 Å². The predicted octanol–water partition coefficient (Wildman–Crippen LogP) is 4.11. The van der Waals surface area contributed by atoms with Crippen molar-refractivity contribution < 1.29 is 4.79 Å². The highest BCUT2D eigenvalue weighted by atomic mass is 35.5. The molecule has 1 rings (SSSR count). The average Bonchev–Trinajstić information content (AvgIpc) is 2.35. The molecule has 0 radical (unpaired) electrons. The van der Waals surface area contributed by atoms with Crippen molar-refractivity contribution in [2.24, 2.45) is 5.10 Å². The molecule has 2 amide bonds. The number of carbonyl (C=O) groups is 1. The fraction of sp³-hybridized carbons (Fsp3) is 0.286. The molecule has 0 aliphatic rings. The molecule has 4 nitrogen and oxygen atoms in total. The van der Waals surface area contributed by atoms with Gasteiger partial charge in [-0.1, -0.05) is 53.5 Å². The number of hydrogen-bond donors (Lipinski definition) is 1. The Labute approximate surface area is 129 Å². The van der Waals surface area contributed by atoms with Crippen LogP contribution in [0.25, 0.3) is 0 Å². The standard InChI is InChI=1S/C14H17Cl2N3O/c1-14(2,3)19(10-12(15)16)13(20)18-17-9-11-7-5-4-6-8-11/h4-10H,1-3H3,(H,18,20)/b17-9+. The van der Waals surface area contributed by atoms with Crippen molar-refractivity contribution in [3.63, 3.8) is 0 Å². The molecular weight excluding hydrogens is 297 g/mol. The molecule has 0 heterocycles. The monoisotopic (exact) mass is 313 g/mol. The van der Waals surface area contributed by atoms with Gasteiger partial charge in [0.2, 0.25) is 0 Å². The van der Waals surface area contributed by atoms with E-state index in [9.17, 15) is 4.79 Å².